The molecule has 0 fully saturated rings. The highest BCUT2D eigenvalue weighted by atomic mass is 35.5. The molecule has 0 unspecified atom stereocenters. The molecule has 0 radical (unpaired) electrons. The molecule has 0 aliphatic carbocycles. The van der Waals surface area contributed by atoms with Crippen molar-refractivity contribution in [2.75, 3.05) is 19.6 Å². The van der Waals surface area contributed by atoms with Gasteiger partial charge >= 0.3 is 0 Å². The number of ether oxygens (including phenoxy) is 1. The first-order valence-corrected chi connectivity index (χ1v) is 5.58. The van der Waals surface area contributed by atoms with Crippen molar-refractivity contribution in [3.05, 3.63) is 10.0 Å². The highest BCUT2D eigenvalue weighted by molar-refractivity contribution is 7.11. The van der Waals surface area contributed by atoms with E-state index in [9.17, 15) is 0 Å². The Morgan fingerprint density at radius 1 is 1.31 bits per heavy atom. The molecule has 0 bridgehead atoms. The average molecular weight is 221 g/mol. The fourth-order valence-corrected chi connectivity index (χ4v) is 1.90. The number of alkyl halides is 1. The normalized spacial score (nSPS) is 10.6. The molecule has 1 rings (SSSR count). The Balaban J connectivity index is 2.34. The van der Waals surface area contributed by atoms with E-state index in [-0.39, 0.29) is 0 Å². The third kappa shape index (κ3) is 4.02. The Kier molecular flexibility index (Phi) is 5.27. The number of hydrogen-bond acceptors (Lipinski definition) is 4. The van der Waals surface area contributed by atoms with Crippen molar-refractivity contribution in [1.29, 1.82) is 0 Å². The summed E-state index contributed by atoms with van der Waals surface area (Å²) in [6.07, 6.45) is 2.77. The molecule has 0 saturated heterocycles. The van der Waals surface area contributed by atoms with E-state index in [2.05, 4.69) is 10.2 Å². The second-order valence-corrected chi connectivity index (χ2v) is 4.15. The summed E-state index contributed by atoms with van der Waals surface area (Å²) in [7, 11) is 1.69. The zero-order valence-corrected chi connectivity index (χ0v) is 9.20. The highest BCUT2D eigenvalue weighted by Crippen LogP contribution is 2.12. The third-order valence-corrected chi connectivity index (χ3v) is 2.86. The van der Waals surface area contributed by atoms with Gasteiger partial charge in [-0.25, -0.2) is 0 Å². The Morgan fingerprint density at radius 2 is 2.00 bits per heavy atom. The number of halogens is 1. The lowest BCUT2D eigenvalue weighted by molar-refractivity contribution is 0.202. The highest BCUT2D eigenvalue weighted by Gasteiger charge is 2.02. The van der Waals surface area contributed by atoms with Crippen LogP contribution in [-0.4, -0.2) is 29.8 Å². The summed E-state index contributed by atoms with van der Waals surface area (Å²) in [5.74, 6) is 0.687. The van der Waals surface area contributed by atoms with Crippen molar-refractivity contribution >= 4 is 22.9 Å². The van der Waals surface area contributed by atoms with Crippen molar-refractivity contribution in [2.24, 2.45) is 0 Å². The molecule has 5 heteroatoms. The minimum absolute atomic E-state index is 0.687. The summed E-state index contributed by atoms with van der Waals surface area (Å²) in [5.41, 5.74) is 0. The molecule has 13 heavy (non-hydrogen) atoms. The number of aryl methyl sites for hydroxylation is 1. The van der Waals surface area contributed by atoms with Crippen molar-refractivity contribution in [3.8, 4) is 0 Å². The van der Waals surface area contributed by atoms with Gasteiger partial charge in [0.2, 0.25) is 0 Å². The fourth-order valence-electron chi connectivity index (χ4n) is 0.898. The van der Waals surface area contributed by atoms with Crippen molar-refractivity contribution in [3.63, 3.8) is 0 Å². The van der Waals surface area contributed by atoms with Crippen LogP contribution in [0.25, 0.3) is 0 Å². The van der Waals surface area contributed by atoms with Gasteiger partial charge in [0, 0.05) is 25.8 Å². The SMILES string of the molecule is COCCc1nnc(CCCCl)s1. The molecule has 0 aromatic carbocycles. The molecule has 0 saturated carbocycles. The van der Waals surface area contributed by atoms with Crippen LogP contribution in [0.5, 0.6) is 0 Å². The lowest BCUT2D eigenvalue weighted by atomic mass is 10.4. The lowest BCUT2D eigenvalue weighted by Gasteiger charge is -1.91. The van der Waals surface area contributed by atoms with E-state index < -0.39 is 0 Å². The standard InChI is InChI=1S/C8H13ClN2OS/c1-12-6-4-8-11-10-7(13-8)3-2-5-9/h2-6H2,1H3. The van der Waals surface area contributed by atoms with Gasteiger partial charge in [0.05, 0.1) is 6.61 Å². The van der Waals surface area contributed by atoms with Gasteiger partial charge < -0.3 is 4.74 Å². The van der Waals surface area contributed by atoms with Gasteiger partial charge in [-0.05, 0) is 6.42 Å². The lowest BCUT2D eigenvalue weighted by Crippen LogP contribution is -1.92. The maximum atomic E-state index is 5.58. The number of rotatable bonds is 6. The van der Waals surface area contributed by atoms with E-state index in [1.807, 2.05) is 0 Å². The quantitative estimate of drug-likeness (QED) is 0.687. The van der Waals surface area contributed by atoms with Crippen LogP contribution >= 0.6 is 22.9 Å². The van der Waals surface area contributed by atoms with Gasteiger partial charge in [0.15, 0.2) is 0 Å². The summed E-state index contributed by atoms with van der Waals surface area (Å²) in [4.78, 5) is 0. The topological polar surface area (TPSA) is 35.0 Å². The molecular formula is C8H13ClN2OS. The second kappa shape index (κ2) is 6.29. The molecule has 0 aliphatic rings. The maximum Gasteiger partial charge on any atom is 0.119 e. The first-order valence-electron chi connectivity index (χ1n) is 4.23. The van der Waals surface area contributed by atoms with E-state index >= 15 is 0 Å². The Morgan fingerprint density at radius 3 is 2.62 bits per heavy atom. The molecule has 1 heterocycles. The summed E-state index contributed by atoms with van der Waals surface area (Å²) in [5, 5.41) is 10.2. The Hall–Kier alpha value is -0.190. The van der Waals surface area contributed by atoms with Crippen LogP contribution < -0.4 is 0 Å². The molecule has 1 aromatic rings. The maximum absolute atomic E-state index is 5.58. The summed E-state index contributed by atoms with van der Waals surface area (Å²) in [6, 6.07) is 0. The largest absolute Gasteiger partial charge is 0.384 e. The van der Waals surface area contributed by atoms with E-state index in [1.54, 1.807) is 18.4 Å². The summed E-state index contributed by atoms with van der Waals surface area (Å²) in [6.45, 7) is 0.712. The molecule has 0 atom stereocenters. The number of methoxy groups -OCH3 is 1. The number of hydrogen-bond donors (Lipinski definition) is 0. The van der Waals surface area contributed by atoms with Gasteiger partial charge in [-0.15, -0.1) is 33.1 Å². The van der Waals surface area contributed by atoms with Crippen LogP contribution in [0.2, 0.25) is 0 Å². The van der Waals surface area contributed by atoms with E-state index in [1.165, 1.54) is 0 Å². The zero-order chi connectivity index (χ0) is 9.52. The summed E-state index contributed by atoms with van der Waals surface area (Å²) < 4.78 is 4.95. The van der Waals surface area contributed by atoms with Crippen LogP contribution in [0.1, 0.15) is 16.4 Å². The van der Waals surface area contributed by atoms with Gasteiger partial charge in [-0.2, -0.15) is 0 Å². The van der Waals surface area contributed by atoms with Gasteiger partial charge in [0.25, 0.3) is 0 Å². The van der Waals surface area contributed by atoms with Crippen LogP contribution in [-0.2, 0) is 17.6 Å². The molecular weight excluding hydrogens is 208 g/mol. The van der Waals surface area contributed by atoms with Gasteiger partial charge in [0.1, 0.15) is 10.0 Å². The fraction of sp³-hybridized carbons (Fsp3) is 0.750. The minimum atomic E-state index is 0.687. The Labute approximate surface area is 87.1 Å². The van der Waals surface area contributed by atoms with Crippen molar-refractivity contribution in [1.82, 2.24) is 10.2 Å². The predicted octanol–water partition coefficient (Wildman–Crippen LogP) is 1.90. The molecule has 0 aliphatic heterocycles. The van der Waals surface area contributed by atoms with Crippen LogP contribution in [0.4, 0.5) is 0 Å². The predicted molar refractivity (Wildman–Crippen MR) is 54.5 cm³/mol. The Bertz CT molecular complexity index is 219. The van der Waals surface area contributed by atoms with Crippen molar-refractivity contribution in [2.45, 2.75) is 19.3 Å². The van der Waals surface area contributed by atoms with E-state index in [4.69, 9.17) is 16.3 Å². The first-order chi connectivity index (χ1) is 6.36. The zero-order valence-electron chi connectivity index (χ0n) is 7.62. The van der Waals surface area contributed by atoms with Gasteiger partial charge in [-0.1, -0.05) is 0 Å². The summed E-state index contributed by atoms with van der Waals surface area (Å²) >= 11 is 7.23. The average Bonchev–Trinajstić information content (AvgIpc) is 2.59. The van der Waals surface area contributed by atoms with E-state index in [0.717, 1.165) is 29.3 Å². The molecule has 0 spiro atoms. The molecule has 0 amide bonds. The van der Waals surface area contributed by atoms with Crippen LogP contribution in [0.3, 0.4) is 0 Å². The van der Waals surface area contributed by atoms with Crippen LogP contribution in [0.15, 0.2) is 0 Å². The molecule has 1 aromatic heterocycles. The van der Waals surface area contributed by atoms with E-state index in [0.29, 0.717) is 12.5 Å². The minimum Gasteiger partial charge on any atom is -0.384 e. The monoisotopic (exact) mass is 220 g/mol. The van der Waals surface area contributed by atoms with Gasteiger partial charge in [-0.3, -0.25) is 0 Å². The molecule has 74 valence electrons. The second-order valence-electron chi connectivity index (χ2n) is 2.62. The first kappa shape index (κ1) is 10.9. The molecule has 3 nitrogen and oxygen atoms in total. The molecule has 0 N–H and O–H groups in total. The van der Waals surface area contributed by atoms with Crippen LogP contribution in [0, 0.1) is 0 Å². The van der Waals surface area contributed by atoms with Crippen molar-refractivity contribution < 1.29 is 4.74 Å². The smallest absolute Gasteiger partial charge is 0.119 e. The third-order valence-electron chi connectivity index (χ3n) is 1.55. The number of aromatic nitrogens is 2. The number of nitrogens with zero attached hydrogens (tertiary/aromatic N) is 2.